The highest BCUT2D eigenvalue weighted by Crippen LogP contribution is 2.45. The second-order valence-corrected chi connectivity index (χ2v) is 16.2. The van der Waals surface area contributed by atoms with E-state index >= 15 is 0 Å². The van der Waals surface area contributed by atoms with Gasteiger partial charge in [-0.2, -0.15) is 4.80 Å². The summed E-state index contributed by atoms with van der Waals surface area (Å²) in [4.78, 5) is 57.5. The Kier molecular flexibility index (Phi) is 9.45. The third kappa shape index (κ3) is 7.37. The molecule has 5 atom stereocenters. The largest absolute Gasteiger partial charge is 0.493 e. The summed E-state index contributed by atoms with van der Waals surface area (Å²) < 4.78 is 38.6. The summed E-state index contributed by atoms with van der Waals surface area (Å²) in [7, 11) is -3.89. The molecule has 2 saturated carbocycles. The average molecular weight is 711 g/mol. The van der Waals surface area contributed by atoms with Crippen molar-refractivity contribution in [2.75, 3.05) is 19.8 Å². The minimum atomic E-state index is -3.89. The normalized spacial score (nSPS) is 27.9. The van der Waals surface area contributed by atoms with Crippen molar-refractivity contribution in [2.24, 2.45) is 11.3 Å². The zero-order valence-corrected chi connectivity index (χ0v) is 29.0. The van der Waals surface area contributed by atoms with Crippen LogP contribution in [-0.2, 0) is 29.1 Å². The van der Waals surface area contributed by atoms with E-state index in [0.29, 0.717) is 43.0 Å². The zero-order valence-electron chi connectivity index (χ0n) is 28.2. The molecule has 1 aromatic carbocycles. The number of nitrogens with one attached hydrogen (secondary N) is 3. The Morgan fingerprint density at radius 1 is 1.16 bits per heavy atom. The molecule has 4 aliphatic rings. The van der Waals surface area contributed by atoms with Gasteiger partial charge in [-0.1, -0.05) is 51.1 Å². The van der Waals surface area contributed by atoms with Crippen molar-refractivity contribution in [1.29, 1.82) is 0 Å². The first-order valence-electron chi connectivity index (χ1n) is 16.6. The fourth-order valence-electron chi connectivity index (χ4n) is 6.24. The minimum absolute atomic E-state index is 0.0257. The predicted molar refractivity (Wildman–Crippen MR) is 179 cm³/mol. The molecule has 3 fully saturated rings. The molecular weight excluding hydrogens is 668 g/mol. The Labute approximate surface area is 290 Å². The van der Waals surface area contributed by atoms with Crippen LogP contribution in [0, 0.1) is 11.3 Å². The van der Waals surface area contributed by atoms with E-state index in [-0.39, 0.29) is 26.0 Å². The van der Waals surface area contributed by atoms with Gasteiger partial charge in [-0.15, -0.1) is 16.8 Å². The van der Waals surface area contributed by atoms with Gasteiger partial charge in [-0.05, 0) is 48.4 Å². The smallest absolute Gasteiger partial charge is 0.408 e. The van der Waals surface area contributed by atoms with Crippen molar-refractivity contribution in [3.8, 4) is 17.1 Å². The van der Waals surface area contributed by atoms with Crippen molar-refractivity contribution in [3.05, 3.63) is 49.1 Å². The fourth-order valence-corrected chi connectivity index (χ4v) is 7.61. The van der Waals surface area contributed by atoms with E-state index in [4.69, 9.17) is 9.47 Å². The number of alkyl carbamates (subject to hydrolysis) is 1. The number of hydrogen-bond donors (Lipinski definition) is 3. The Balaban J connectivity index is 1.32. The van der Waals surface area contributed by atoms with Crippen LogP contribution in [0.4, 0.5) is 4.79 Å². The molecule has 0 unspecified atom stereocenters. The molecule has 16 nitrogen and oxygen atoms in total. The lowest BCUT2D eigenvalue weighted by atomic mass is 9.85. The summed E-state index contributed by atoms with van der Waals surface area (Å²) in [6.45, 7) is 9.39. The summed E-state index contributed by atoms with van der Waals surface area (Å²) in [5.74, 6) is -1.69. The number of benzene rings is 1. The number of amides is 4. The SMILES string of the molecule is C=C[C@H]1C[C@@]1(NC(=O)[C@@H]1C[C@@H]2CN1C(=O)[C@@H](C(C)(C)C)NC(=O)OC/C=C/CCOc1cccc(c1)-c1nnn2n1)C(=O)NS(=O)(=O)C1CC1. The van der Waals surface area contributed by atoms with Crippen molar-refractivity contribution >= 4 is 33.8 Å². The lowest BCUT2D eigenvalue weighted by Gasteiger charge is -2.35. The van der Waals surface area contributed by atoms with Gasteiger partial charge in [0.15, 0.2) is 0 Å². The summed E-state index contributed by atoms with van der Waals surface area (Å²) in [6, 6.07) is 4.33. The standard InChI is InChI=1S/C33H42N8O8S/c1-5-21-18-33(21,30(44)38-50(46,47)24-12-13-24)35-28(42)25-17-22-19-40(25)29(43)26(32(2,3)4)34-31(45)49-15-8-6-7-14-48-23-11-9-10-20(16-23)27-36-39-41(22)37-27/h5-6,8-11,16,21-22,24-26H,1,7,12-15,17-19H2,2-4H3,(H,34,45)(H,35,42)(H,38,44)/b8-6+/t21-,22+,25-,26-,33-/m0/s1. The lowest BCUT2D eigenvalue weighted by Crippen LogP contribution is -2.60. The highest BCUT2D eigenvalue weighted by molar-refractivity contribution is 7.91. The zero-order chi connectivity index (χ0) is 35.8. The Bertz CT molecular complexity index is 1820. The Morgan fingerprint density at radius 2 is 1.94 bits per heavy atom. The molecule has 268 valence electrons. The molecule has 0 radical (unpaired) electrons. The molecule has 2 aliphatic heterocycles. The van der Waals surface area contributed by atoms with Gasteiger partial charge >= 0.3 is 6.09 Å². The number of carbonyl (C=O) groups excluding carboxylic acids is 4. The van der Waals surface area contributed by atoms with E-state index < -0.39 is 74.1 Å². The summed E-state index contributed by atoms with van der Waals surface area (Å²) in [5, 5.41) is 17.9. The maximum Gasteiger partial charge on any atom is 0.408 e. The summed E-state index contributed by atoms with van der Waals surface area (Å²) in [5.41, 5.74) is -1.71. The molecular formula is C33H42N8O8S. The number of tetrazole rings is 1. The van der Waals surface area contributed by atoms with Crippen LogP contribution < -0.4 is 20.1 Å². The van der Waals surface area contributed by atoms with Gasteiger partial charge in [-0.25, -0.2) is 13.2 Å². The first kappa shape index (κ1) is 35.0. The molecule has 4 amide bonds. The third-order valence-electron chi connectivity index (χ3n) is 9.37. The van der Waals surface area contributed by atoms with Gasteiger partial charge in [-0.3, -0.25) is 19.1 Å². The summed E-state index contributed by atoms with van der Waals surface area (Å²) in [6.07, 6.45) is 5.82. The highest BCUT2D eigenvalue weighted by Gasteiger charge is 2.62. The second kappa shape index (κ2) is 13.5. The number of sulfonamides is 1. The first-order valence-corrected chi connectivity index (χ1v) is 18.2. The van der Waals surface area contributed by atoms with Crippen LogP contribution in [0.1, 0.15) is 58.9 Å². The molecule has 3 heterocycles. The molecule has 3 N–H and O–H groups in total. The third-order valence-corrected chi connectivity index (χ3v) is 11.2. The van der Waals surface area contributed by atoms with Crippen LogP contribution in [0.3, 0.4) is 0 Å². The number of ether oxygens (including phenoxy) is 2. The topological polar surface area (TPSA) is 204 Å². The second-order valence-electron chi connectivity index (χ2n) is 14.2. The number of nitrogens with zero attached hydrogens (tertiary/aromatic N) is 5. The van der Waals surface area contributed by atoms with Crippen molar-refractivity contribution in [3.63, 3.8) is 0 Å². The van der Waals surface area contributed by atoms with E-state index in [9.17, 15) is 27.6 Å². The number of rotatable bonds is 6. The van der Waals surface area contributed by atoms with Gasteiger partial charge in [0.05, 0.1) is 17.9 Å². The molecule has 2 aromatic rings. The first-order chi connectivity index (χ1) is 23.7. The van der Waals surface area contributed by atoms with Crippen LogP contribution in [0.5, 0.6) is 5.75 Å². The molecule has 17 heteroatoms. The van der Waals surface area contributed by atoms with Crippen LogP contribution in [0.15, 0.2) is 49.1 Å². The molecule has 0 spiro atoms. The van der Waals surface area contributed by atoms with E-state index in [1.807, 2.05) is 12.1 Å². The van der Waals surface area contributed by atoms with Crippen molar-refractivity contribution in [2.45, 2.75) is 81.8 Å². The maximum absolute atomic E-state index is 14.4. The molecule has 6 rings (SSSR count). The van der Waals surface area contributed by atoms with E-state index in [1.165, 1.54) is 15.8 Å². The Morgan fingerprint density at radius 3 is 2.64 bits per heavy atom. The van der Waals surface area contributed by atoms with E-state index in [1.54, 1.807) is 45.0 Å². The average Bonchev–Trinajstić information content (AvgIpc) is 3.94. The molecule has 50 heavy (non-hydrogen) atoms. The van der Waals surface area contributed by atoms with Gasteiger partial charge in [0.25, 0.3) is 5.91 Å². The number of hydrogen-bond acceptors (Lipinski definition) is 11. The number of carbonyl (C=O) groups is 4. The van der Waals surface area contributed by atoms with Crippen molar-refractivity contribution in [1.82, 2.24) is 40.5 Å². The number of fused-ring (bicyclic) bond motifs is 8. The Hall–Kier alpha value is -4.80. The molecule has 6 bridgehead atoms. The predicted octanol–water partition coefficient (Wildman–Crippen LogP) is 1.63. The molecule has 2 aliphatic carbocycles. The number of cyclic esters (lactones) is 1. The van der Waals surface area contributed by atoms with Gasteiger partial charge < -0.3 is 25.0 Å². The molecule has 1 aromatic heterocycles. The highest BCUT2D eigenvalue weighted by atomic mass is 32.2. The van der Waals surface area contributed by atoms with E-state index in [0.717, 1.165) is 0 Å². The maximum atomic E-state index is 14.4. The monoisotopic (exact) mass is 710 g/mol. The van der Waals surface area contributed by atoms with Crippen LogP contribution in [-0.4, -0.2) is 100.0 Å². The quantitative estimate of drug-likeness (QED) is 0.368. The van der Waals surface area contributed by atoms with E-state index in [2.05, 4.69) is 37.3 Å². The lowest BCUT2D eigenvalue weighted by molar-refractivity contribution is -0.142. The van der Waals surface area contributed by atoms with Crippen LogP contribution in [0.25, 0.3) is 11.4 Å². The van der Waals surface area contributed by atoms with Crippen molar-refractivity contribution < 1.29 is 37.1 Å². The van der Waals surface area contributed by atoms with Gasteiger partial charge in [0.1, 0.15) is 30.0 Å². The van der Waals surface area contributed by atoms with Crippen LogP contribution >= 0.6 is 0 Å². The fraction of sp³-hybridized carbons (Fsp3) is 0.545. The van der Waals surface area contributed by atoms with Gasteiger partial charge in [0.2, 0.25) is 27.7 Å². The van der Waals surface area contributed by atoms with Gasteiger partial charge in [0, 0.05) is 24.4 Å². The minimum Gasteiger partial charge on any atom is -0.493 e. The number of aromatic nitrogens is 4. The van der Waals surface area contributed by atoms with Crippen LogP contribution in [0.2, 0.25) is 0 Å². The molecule has 1 saturated heterocycles. The summed E-state index contributed by atoms with van der Waals surface area (Å²) >= 11 is 0.